The number of hydrogen-bond acceptors (Lipinski definition) is 6. The number of nitrogens with one attached hydrogen (secondary N) is 1. The van der Waals surface area contributed by atoms with E-state index in [9.17, 15) is 4.79 Å². The second kappa shape index (κ2) is 11.2. The van der Waals surface area contributed by atoms with Crippen molar-refractivity contribution in [2.24, 2.45) is 0 Å². The fourth-order valence-corrected chi connectivity index (χ4v) is 4.48. The summed E-state index contributed by atoms with van der Waals surface area (Å²) in [6.07, 6.45) is 1.80. The van der Waals surface area contributed by atoms with Gasteiger partial charge in [-0.25, -0.2) is 0 Å². The molecule has 1 aliphatic rings. The second-order valence-electron chi connectivity index (χ2n) is 8.72. The van der Waals surface area contributed by atoms with Gasteiger partial charge >= 0.3 is 0 Å². The molecule has 0 saturated carbocycles. The Labute approximate surface area is 216 Å². The standard InChI is InChI=1S/C29H30N4O4/c1-35-26-13-12-22(18-27(26)36-2)28-23(20-33(31-28)19-21-8-4-3-5-9-21)29(34)30-24-10-6-7-11-25(24)32-14-16-37-17-15-32/h3-13,18,20H,14-17,19H2,1-2H3,(H,30,34). The van der Waals surface area contributed by atoms with Crippen LogP contribution in [0.3, 0.4) is 0 Å². The Bertz CT molecular complexity index is 1360. The third kappa shape index (κ3) is 5.44. The highest BCUT2D eigenvalue weighted by Crippen LogP contribution is 2.34. The fraction of sp³-hybridized carbons (Fsp3) is 0.241. The number of rotatable bonds is 8. The predicted molar refractivity (Wildman–Crippen MR) is 144 cm³/mol. The molecule has 2 heterocycles. The van der Waals surface area contributed by atoms with Crippen LogP contribution in [0, 0.1) is 0 Å². The molecule has 0 atom stereocenters. The summed E-state index contributed by atoms with van der Waals surface area (Å²) >= 11 is 0. The van der Waals surface area contributed by atoms with Gasteiger partial charge in [0, 0.05) is 24.8 Å². The number of methoxy groups -OCH3 is 2. The molecule has 1 N–H and O–H groups in total. The minimum atomic E-state index is -0.232. The first-order valence-electron chi connectivity index (χ1n) is 12.2. The van der Waals surface area contributed by atoms with Gasteiger partial charge in [-0.2, -0.15) is 5.10 Å². The second-order valence-corrected chi connectivity index (χ2v) is 8.72. The smallest absolute Gasteiger partial charge is 0.259 e. The number of para-hydroxylation sites is 2. The van der Waals surface area contributed by atoms with Gasteiger partial charge in [0.05, 0.1) is 50.9 Å². The molecule has 0 radical (unpaired) electrons. The van der Waals surface area contributed by atoms with Crippen LogP contribution < -0.4 is 19.7 Å². The molecule has 190 valence electrons. The summed E-state index contributed by atoms with van der Waals surface area (Å²) < 4.78 is 18.2. The van der Waals surface area contributed by atoms with Gasteiger partial charge in [0.15, 0.2) is 11.5 Å². The van der Waals surface area contributed by atoms with Crippen molar-refractivity contribution in [3.8, 4) is 22.8 Å². The quantitative estimate of drug-likeness (QED) is 0.379. The zero-order chi connectivity index (χ0) is 25.6. The van der Waals surface area contributed by atoms with E-state index in [2.05, 4.69) is 10.2 Å². The summed E-state index contributed by atoms with van der Waals surface area (Å²) in [5, 5.41) is 7.95. The lowest BCUT2D eigenvalue weighted by molar-refractivity contribution is 0.102. The summed E-state index contributed by atoms with van der Waals surface area (Å²) in [6, 6.07) is 23.4. The van der Waals surface area contributed by atoms with Crippen LogP contribution in [0.2, 0.25) is 0 Å². The molecule has 1 aliphatic heterocycles. The van der Waals surface area contributed by atoms with Crippen molar-refractivity contribution in [3.63, 3.8) is 0 Å². The number of morpholine rings is 1. The van der Waals surface area contributed by atoms with E-state index in [1.165, 1.54) is 0 Å². The summed E-state index contributed by atoms with van der Waals surface area (Å²) in [5.41, 5.74) is 4.62. The molecule has 1 aromatic heterocycles. The number of aromatic nitrogens is 2. The molecule has 0 spiro atoms. The molecule has 1 amide bonds. The van der Waals surface area contributed by atoms with Crippen molar-refractivity contribution in [2.45, 2.75) is 6.54 Å². The molecule has 0 unspecified atom stereocenters. The Morgan fingerprint density at radius 3 is 2.43 bits per heavy atom. The molecule has 0 bridgehead atoms. The lowest BCUT2D eigenvalue weighted by Crippen LogP contribution is -2.36. The highest BCUT2D eigenvalue weighted by Gasteiger charge is 2.22. The number of anilines is 2. The molecular formula is C29H30N4O4. The van der Waals surface area contributed by atoms with Crippen molar-refractivity contribution in [2.75, 3.05) is 50.7 Å². The SMILES string of the molecule is COc1ccc(-c2nn(Cc3ccccc3)cc2C(=O)Nc2ccccc2N2CCOCC2)cc1OC. The van der Waals surface area contributed by atoms with Crippen LogP contribution in [-0.4, -0.2) is 56.2 Å². The van der Waals surface area contributed by atoms with Crippen LogP contribution in [-0.2, 0) is 11.3 Å². The van der Waals surface area contributed by atoms with Gasteiger partial charge in [-0.1, -0.05) is 42.5 Å². The van der Waals surface area contributed by atoms with Crippen molar-refractivity contribution in [1.29, 1.82) is 0 Å². The molecule has 37 heavy (non-hydrogen) atoms. The lowest BCUT2D eigenvalue weighted by atomic mass is 10.1. The van der Waals surface area contributed by atoms with Gasteiger partial charge in [-0.3, -0.25) is 9.48 Å². The Hall–Kier alpha value is -4.30. The first-order chi connectivity index (χ1) is 18.2. The highest BCUT2D eigenvalue weighted by molar-refractivity contribution is 6.09. The van der Waals surface area contributed by atoms with Gasteiger partial charge in [0.1, 0.15) is 5.69 Å². The average molecular weight is 499 g/mol. The van der Waals surface area contributed by atoms with Crippen LogP contribution in [0.25, 0.3) is 11.3 Å². The number of benzene rings is 3. The molecule has 5 rings (SSSR count). The number of carbonyl (C=O) groups is 1. The zero-order valence-corrected chi connectivity index (χ0v) is 21.0. The van der Waals surface area contributed by atoms with Crippen molar-refractivity contribution in [1.82, 2.24) is 9.78 Å². The Morgan fingerprint density at radius 2 is 1.68 bits per heavy atom. The van der Waals surface area contributed by atoms with Crippen LogP contribution in [0.1, 0.15) is 15.9 Å². The fourth-order valence-electron chi connectivity index (χ4n) is 4.48. The topological polar surface area (TPSA) is 77.9 Å². The summed E-state index contributed by atoms with van der Waals surface area (Å²) in [6.45, 7) is 3.42. The van der Waals surface area contributed by atoms with E-state index in [-0.39, 0.29) is 5.91 Å². The molecule has 0 aliphatic carbocycles. The summed E-state index contributed by atoms with van der Waals surface area (Å²) in [7, 11) is 3.18. The maximum atomic E-state index is 13.7. The van der Waals surface area contributed by atoms with Gasteiger partial charge in [-0.05, 0) is 35.9 Å². The van der Waals surface area contributed by atoms with Crippen molar-refractivity contribution in [3.05, 3.63) is 90.1 Å². The minimum Gasteiger partial charge on any atom is -0.493 e. The first-order valence-corrected chi connectivity index (χ1v) is 12.2. The zero-order valence-electron chi connectivity index (χ0n) is 21.0. The van der Waals surface area contributed by atoms with E-state index >= 15 is 0 Å². The average Bonchev–Trinajstić information content (AvgIpc) is 3.38. The number of nitrogens with zero attached hydrogens (tertiary/aromatic N) is 3. The number of hydrogen-bond donors (Lipinski definition) is 1. The van der Waals surface area contributed by atoms with Crippen molar-refractivity contribution < 1.29 is 19.0 Å². The largest absolute Gasteiger partial charge is 0.493 e. The molecule has 3 aromatic carbocycles. The number of amides is 1. The Kier molecular flexibility index (Phi) is 7.37. The molecule has 8 nitrogen and oxygen atoms in total. The summed E-state index contributed by atoms with van der Waals surface area (Å²) in [5.74, 6) is 0.951. The molecule has 8 heteroatoms. The predicted octanol–water partition coefficient (Wildman–Crippen LogP) is 4.70. The van der Waals surface area contributed by atoms with Crippen LogP contribution in [0.4, 0.5) is 11.4 Å². The van der Waals surface area contributed by atoms with Gasteiger partial charge in [0.2, 0.25) is 0 Å². The van der Waals surface area contributed by atoms with Gasteiger partial charge in [-0.15, -0.1) is 0 Å². The van der Waals surface area contributed by atoms with E-state index in [0.29, 0.717) is 42.5 Å². The van der Waals surface area contributed by atoms with Gasteiger partial charge in [0.25, 0.3) is 5.91 Å². The van der Waals surface area contributed by atoms with Crippen molar-refractivity contribution >= 4 is 17.3 Å². The van der Waals surface area contributed by atoms with E-state index in [4.69, 9.17) is 19.3 Å². The van der Waals surface area contributed by atoms with E-state index in [1.54, 1.807) is 25.1 Å². The normalized spacial score (nSPS) is 13.3. The maximum absolute atomic E-state index is 13.7. The van der Waals surface area contributed by atoms with E-state index in [1.807, 2.05) is 72.8 Å². The minimum absolute atomic E-state index is 0.232. The molecular weight excluding hydrogens is 468 g/mol. The third-order valence-electron chi connectivity index (χ3n) is 6.35. The molecule has 1 saturated heterocycles. The molecule has 4 aromatic rings. The van der Waals surface area contributed by atoms with Crippen LogP contribution >= 0.6 is 0 Å². The Balaban J connectivity index is 1.51. The Morgan fingerprint density at radius 1 is 0.946 bits per heavy atom. The van der Waals surface area contributed by atoms with Crippen LogP contribution in [0.5, 0.6) is 11.5 Å². The van der Waals surface area contributed by atoms with E-state index in [0.717, 1.165) is 35.6 Å². The lowest BCUT2D eigenvalue weighted by Gasteiger charge is -2.30. The first kappa shape index (κ1) is 24.4. The maximum Gasteiger partial charge on any atom is 0.259 e. The summed E-state index contributed by atoms with van der Waals surface area (Å²) in [4.78, 5) is 16.0. The van der Waals surface area contributed by atoms with Crippen LogP contribution in [0.15, 0.2) is 79.0 Å². The monoisotopic (exact) mass is 498 g/mol. The molecule has 1 fully saturated rings. The van der Waals surface area contributed by atoms with E-state index < -0.39 is 0 Å². The van der Waals surface area contributed by atoms with Gasteiger partial charge < -0.3 is 24.4 Å². The number of ether oxygens (including phenoxy) is 3. The number of carbonyl (C=O) groups excluding carboxylic acids is 1. The third-order valence-corrected chi connectivity index (χ3v) is 6.35. The highest BCUT2D eigenvalue weighted by atomic mass is 16.5.